The molecule has 0 saturated heterocycles. The summed E-state index contributed by atoms with van der Waals surface area (Å²) >= 11 is 0. The summed E-state index contributed by atoms with van der Waals surface area (Å²) in [5, 5.41) is 7.51. The van der Waals surface area contributed by atoms with Crippen LogP contribution in [0.3, 0.4) is 0 Å². The second kappa shape index (κ2) is 9.55. The first-order valence-corrected chi connectivity index (χ1v) is 11.2. The van der Waals surface area contributed by atoms with Crippen molar-refractivity contribution in [3.63, 3.8) is 0 Å². The van der Waals surface area contributed by atoms with Crippen molar-refractivity contribution in [1.29, 1.82) is 0 Å². The predicted octanol–water partition coefficient (Wildman–Crippen LogP) is 6.52. The van der Waals surface area contributed by atoms with E-state index >= 15 is 0 Å². The Balaban J connectivity index is 1.55. The van der Waals surface area contributed by atoms with E-state index in [1.54, 1.807) is 7.05 Å². The molecule has 0 aliphatic heterocycles. The molecule has 1 amide bonds. The predicted molar refractivity (Wildman–Crippen MR) is 137 cm³/mol. The zero-order valence-corrected chi connectivity index (χ0v) is 18.8. The number of aromatic nitrogens is 1. The Morgan fingerprint density at radius 1 is 0.824 bits per heavy atom. The highest BCUT2D eigenvalue weighted by atomic mass is 16.5. The molecule has 0 bridgehead atoms. The number of fused-ring (bicyclic) bond motifs is 1. The van der Waals surface area contributed by atoms with Gasteiger partial charge < -0.3 is 20.4 Å². The second-order valence-electron chi connectivity index (χ2n) is 7.98. The zero-order valence-electron chi connectivity index (χ0n) is 18.8. The Hall–Kier alpha value is -4.51. The molecule has 3 N–H and O–H groups in total. The number of ether oxygens (including phenoxy) is 1. The van der Waals surface area contributed by atoms with Gasteiger partial charge in [0.05, 0.1) is 11.7 Å². The summed E-state index contributed by atoms with van der Waals surface area (Å²) in [7, 11) is 1.64. The van der Waals surface area contributed by atoms with Crippen molar-refractivity contribution in [2.75, 3.05) is 12.4 Å². The number of rotatable bonds is 7. The van der Waals surface area contributed by atoms with Gasteiger partial charge >= 0.3 is 0 Å². The molecule has 168 valence electrons. The Bertz CT molecular complexity index is 1410. The molecule has 0 aliphatic rings. The lowest BCUT2D eigenvalue weighted by molar-refractivity contribution is 0.0963. The van der Waals surface area contributed by atoms with Crippen LogP contribution in [-0.2, 0) is 0 Å². The fourth-order valence-electron chi connectivity index (χ4n) is 4.09. The smallest absolute Gasteiger partial charge is 0.251 e. The summed E-state index contributed by atoms with van der Waals surface area (Å²) in [6.45, 7) is 0. The first-order chi connectivity index (χ1) is 16.7. The highest BCUT2D eigenvalue weighted by molar-refractivity contribution is 5.94. The summed E-state index contributed by atoms with van der Waals surface area (Å²) in [4.78, 5) is 15.4. The van der Waals surface area contributed by atoms with E-state index in [-0.39, 0.29) is 11.9 Å². The highest BCUT2D eigenvalue weighted by Crippen LogP contribution is 2.36. The molecular weight excluding hydrogens is 422 g/mol. The molecule has 0 aliphatic carbocycles. The molecule has 5 aromatic rings. The van der Waals surface area contributed by atoms with Crippen LogP contribution < -0.4 is 15.4 Å². The van der Waals surface area contributed by atoms with Gasteiger partial charge in [0.1, 0.15) is 5.75 Å². The fraction of sp³-hybridized carbons (Fsp3) is 0.0690. The number of hydrogen-bond acceptors (Lipinski definition) is 3. The van der Waals surface area contributed by atoms with Crippen LogP contribution in [-0.4, -0.2) is 17.9 Å². The largest absolute Gasteiger partial charge is 0.455 e. The summed E-state index contributed by atoms with van der Waals surface area (Å²) in [6, 6.07) is 33.4. The number of amides is 1. The number of carbonyl (C=O) groups is 1. The van der Waals surface area contributed by atoms with Crippen LogP contribution in [0.2, 0.25) is 0 Å². The maximum absolute atomic E-state index is 12.1. The van der Waals surface area contributed by atoms with Crippen molar-refractivity contribution < 1.29 is 9.53 Å². The lowest BCUT2D eigenvalue weighted by Crippen LogP contribution is -2.18. The van der Waals surface area contributed by atoms with Gasteiger partial charge in [0.2, 0.25) is 0 Å². The van der Waals surface area contributed by atoms with Crippen molar-refractivity contribution in [1.82, 2.24) is 10.3 Å². The lowest BCUT2D eigenvalue weighted by atomic mass is 9.96. The molecule has 1 unspecified atom stereocenters. The van der Waals surface area contributed by atoms with Gasteiger partial charge in [-0.25, -0.2) is 0 Å². The van der Waals surface area contributed by atoms with Gasteiger partial charge in [-0.2, -0.15) is 0 Å². The van der Waals surface area contributed by atoms with Gasteiger partial charge in [0.25, 0.3) is 5.91 Å². The maximum atomic E-state index is 12.1. The number of hydrogen-bond donors (Lipinski definition) is 3. The van der Waals surface area contributed by atoms with Crippen molar-refractivity contribution >= 4 is 22.5 Å². The molecule has 4 aromatic carbocycles. The summed E-state index contributed by atoms with van der Waals surface area (Å²) in [5.41, 5.74) is 4.71. The van der Waals surface area contributed by atoms with Gasteiger partial charge in [-0.1, -0.05) is 60.7 Å². The van der Waals surface area contributed by atoms with Crippen LogP contribution in [0.4, 0.5) is 5.69 Å². The number of benzene rings is 4. The summed E-state index contributed by atoms with van der Waals surface area (Å²) in [6.07, 6.45) is 2.04. The van der Waals surface area contributed by atoms with Crippen LogP contribution in [0, 0.1) is 0 Å². The number of para-hydroxylation sites is 4. The third-order valence-electron chi connectivity index (χ3n) is 5.82. The Kier molecular flexibility index (Phi) is 5.99. The molecule has 0 fully saturated rings. The van der Waals surface area contributed by atoms with Crippen LogP contribution in [0.25, 0.3) is 10.9 Å². The number of carbonyl (C=O) groups excluding carboxylic acids is 1. The minimum absolute atomic E-state index is 0.107. The molecule has 5 rings (SSSR count). The minimum atomic E-state index is -0.171. The van der Waals surface area contributed by atoms with Gasteiger partial charge in [-0.05, 0) is 48.0 Å². The average Bonchev–Trinajstić information content (AvgIpc) is 3.32. The minimum Gasteiger partial charge on any atom is -0.455 e. The Morgan fingerprint density at radius 3 is 2.32 bits per heavy atom. The fourth-order valence-corrected chi connectivity index (χ4v) is 4.09. The lowest BCUT2D eigenvalue weighted by Gasteiger charge is -2.22. The van der Waals surface area contributed by atoms with Crippen molar-refractivity contribution in [3.8, 4) is 11.5 Å². The Labute approximate surface area is 198 Å². The third-order valence-corrected chi connectivity index (χ3v) is 5.82. The van der Waals surface area contributed by atoms with E-state index in [2.05, 4.69) is 27.8 Å². The molecule has 0 radical (unpaired) electrons. The van der Waals surface area contributed by atoms with E-state index in [1.807, 2.05) is 97.2 Å². The van der Waals surface area contributed by atoms with Crippen molar-refractivity contribution in [3.05, 3.63) is 126 Å². The van der Waals surface area contributed by atoms with Gasteiger partial charge in [0.15, 0.2) is 5.75 Å². The second-order valence-corrected chi connectivity index (χ2v) is 7.98. The SMILES string of the molecule is CNC(=O)c1ccc(C(Nc2ccccc2Oc2ccccc2)c2c[nH]c3ccccc23)cc1. The maximum Gasteiger partial charge on any atom is 0.251 e. The Morgan fingerprint density at radius 2 is 1.53 bits per heavy atom. The van der Waals surface area contributed by atoms with E-state index in [4.69, 9.17) is 4.74 Å². The number of aromatic amines is 1. The van der Waals surface area contributed by atoms with Gasteiger partial charge in [-0.15, -0.1) is 0 Å². The topological polar surface area (TPSA) is 66.2 Å². The average molecular weight is 448 g/mol. The monoisotopic (exact) mass is 447 g/mol. The summed E-state index contributed by atoms with van der Waals surface area (Å²) in [5.74, 6) is 1.40. The first-order valence-electron chi connectivity index (χ1n) is 11.2. The third kappa shape index (κ3) is 4.36. The molecule has 5 heteroatoms. The normalized spacial score (nSPS) is 11.7. The molecule has 0 saturated carbocycles. The van der Waals surface area contributed by atoms with Crippen LogP contribution in [0.15, 0.2) is 109 Å². The van der Waals surface area contributed by atoms with E-state index < -0.39 is 0 Å². The van der Waals surface area contributed by atoms with E-state index in [9.17, 15) is 4.79 Å². The molecule has 1 heterocycles. The van der Waals surface area contributed by atoms with E-state index in [1.165, 1.54) is 0 Å². The van der Waals surface area contributed by atoms with Crippen LogP contribution in [0.5, 0.6) is 11.5 Å². The number of H-pyrrole nitrogens is 1. The van der Waals surface area contributed by atoms with Crippen molar-refractivity contribution in [2.24, 2.45) is 0 Å². The van der Waals surface area contributed by atoms with Crippen LogP contribution in [0.1, 0.15) is 27.5 Å². The highest BCUT2D eigenvalue weighted by Gasteiger charge is 2.20. The van der Waals surface area contributed by atoms with E-state index in [0.29, 0.717) is 5.56 Å². The van der Waals surface area contributed by atoms with Gasteiger partial charge in [-0.3, -0.25) is 4.79 Å². The van der Waals surface area contributed by atoms with Gasteiger partial charge in [0, 0.05) is 35.3 Å². The molecule has 34 heavy (non-hydrogen) atoms. The number of nitrogens with one attached hydrogen (secondary N) is 3. The molecule has 0 spiro atoms. The molecule has 5 nitrogen and oxygen atoms in total. The molecular formula is C29H25N3O2. The quantitative estimate of drug-likeness (QED) is 0.266. The molecule has 1 aromatic heterocycles. The first kappa shape index (κ1) is 21.3. The zero-order chi connectivity index (χ0) is 23.3. The van der Waals surface area contributed by atoms with Crippen LogP contribution >= 0.6 is 0 Å². The van der Waals surface area contributed by atoms with Crippen molar-refractivity contribution in [2.45, 2.75) is 6.04 Å². The molecule has 1 atom stereocenters. The number of anilines is 1. The standard InChI is InChI=1S/C29H25N3O2/c1-30-29(33)21-17-15-20(16-18-21)28(24-19-31-25-12-6-5-11-23(24)25)32-26-13-7-8-14-27(26)34-22-9-3-2-4-10-22/h2-19,28,31-32H,1H3,(H,30,33). The summed E-state index contributed by atoms with van der Waals surface area (Å²) < 4.78 is 6.19. The van der Waals surface area contributed by atoms with E-state index in [0.717, 1.165) is 39.2 Å².